The molecule has 2 heterocycles. The fourth-order valence-electron chi connectivity index (χ4n) is 2.08. The zero-order valence-electron chi connectivity index (χ0n) is 8.50. The van der Waals surface area contributed by atoms with Gasteiger partial charge in [-0.25, -0.2) is 0 Å². The Balaban J connectivity index is 1.63. The zero-order valence-corrected chi connectivity index (χ0v) is 8.50. The van der Waals surface area contributed by atoms with E-state index in [0.717, 1.165) is 26.1 Å². The van der Waals surface area contributed by atoms with Gasteiger partial charge in [0, 0.05) is 19.1 Å². The van der Waals surface area contributed by atoms with Crippen molar-refractivity contribution >= 4 is 5.97 Å². The highest BCUT2D eigenvalue weighted by atomic mass is 16.7. The van der Waals surface area contributed by atoms with Gasteiger partial charge in [-0.3, -0.25) is 4.79 Å². The molecule has 0 amide bonds. The summed E-state index contributed by atoms with van der Waals surface area (Å²) < 4.78 is 0. The van der Waals surface area contributed by atoms with Gasteiger partial charge in [0.2, 0.25) is 0 Å². The number of hydrogen-bond acceptors (Lipinski definition) is 4. The average Bonchev–Trinajstić information content (AvgIpc) is 2.63. The molecule has 4 nitrogen and oxygen atoms in total. The molecule has 80 valence electrons. The third-order valence-electron chi connectivity index (χ3n) is 2.94. The van der Waals surface area contributed by atoms with Crippen LogP contribution in [0.4, 0.5) is 0 Å². The number of nitrogens with zero attached hydrogens (tertiary/aromatic N) is 1. The molecule has 2 fully saturated rings. The molecular formula is C10H18N2O2. The molecule has 0 aromatic rings. The molecule has 1 unspecified atom stereocenters. The lowest BCUT2D eigenvalue weighted by molar-refractivity contribution is -0.170. The summed E-state index contributed by atoms with van der Waals surface area (Å²) in [6, 6.07) is 0.628. The van der Waals surface area contributed by atoms with Crippen molar-refractivity contribution in [3.8, 4) is 0 Å². The van der Waals surface area contributed by atoms with Gasteiger partial charge in [0.05, 0.1) is 6.42 Å². The third-order valence-corrected chi connectivity index (χ3v) is 2.94. The van der Waals surface area contributed by atoms with E-state index in [2.05, 4.69) is 5.32 Å². The molecule has 14 heavy (non-hydrogen) atoms. The van der Waals surface area contributed by atoms with Gasteiger partial charge < -0.3 is 10.2 Å². The number of hydroxylamine groups is 2. The SMILES string of the molecule is O=C1CCN(CCC2CCCCN2)O1. The van der Waals surface area contributed by atoms with Crippen molar-refractivity contribution in [2.45, 2.75) is 38.1 Å². The van der Waals surface area contributed by atoms with E-state index in [0.29, 0.717) is 12.5 Å². The molecule has 2 saturated heterocycles. The minimum Gasteiger partial charge on any atom is -0.368 e. The summed E-state index contributed by atoms with van der Waals surface area (Å²) >= 11 is 0. The molecule has 1 N–H and O–H groups in total. The van der Waals surface area contributed by atoms with Crippen LogP contribution in [0.15, 0.2) is 0 Å². The monoisotopic (exact) mass is 198 g/mol. The largest absolute Gasteiger partial charge is 0.368 e. The van der Waals surface area contributed by atoms with Crippen molar-refractivity contribution < 1.29 is 9.63 Å². The van der Waals surface area contributed by atoms with Crippen molar-refractivity contribution in [2.24, 2.45) is 0 Å². The first-order chi connectivity index (χ1) is 6.84. The van der Waals surface area contributed by atoms with Crippen molar-refractivity contribution in [2.75, 3.05) is 19.6 Å². The Bertz CT molecular complexity index is 202. The minimum absolute atomic E-state index is 0.0818. The second-order valence-corrected chi connectivity index (χ2v) is 4.08. The lowest BCUT2D eigenvalue weighted by Crippen LogP contribution is -2.36. The van der Waals surface area contributed by atoms with Crippen LogP contribution in [0.3, 0.4) is 0 Å². The highest BCUT2D eigenvalue weighted by Crippen LogP contribution is 2.13. The Labute approximate surface area is 84.6 Å². The number of nitrogens with one attached hydrogen (secondary N) is 1. The standard InChI is InChI=1S/C10H18N2O2/c13-10-5-8-12(14-10)7-4-9-3-1-2-6-11-9/h9,11H,1-8H2. The normalized spacial score (nSPS) is 29.1. The van der Waals surface area contributed by atoms with E-state index in [1.54, 1.807) is 5.06 Å². The molecule has 0 spiro atoms. The van der Waals surface area contributed by atoms with E-state index in [4.69, 9.17) is 4.84 Å². The molecule has 0 aliphatic carbocycles. The molecule has 2 aliphatic rings. The van der Waals surface area contributed by atoms with Gasteiger partial charge in [0.25, 0.3) is 0 Å². The number of hydrogen-bond donors (Lipinski definition) is 1. The number of rotatable bonds is 3. The van der Waals surface area contributed by atoms with E-state index >= 15 is 0 Å². The minimum atomic E-state index is -0.0818. The lowest BCUT2D eigenvalue weighted by Gasteiger charge is -2.24. The van der Waals surface area contributed by atoms with Crippen LogP contribution < -0.4 is 5.32 Å². The van der Waals surface area contributed by atoms with E-state index in [-0.39, 0.29) is 5.97 Å². The van der Waals surface area contributed by atoms with Gasteiger partial charge in [-0.2, -0.15) is 0 Å². The highest BCUT2D eigenvalue weighted by molar-refractivity contribution is 5.70. The molecule has 0 aromatic heterocycles. The summed E-state index contributed by atoms with van der Waals surface area (Å²) in [5.41, 5.74) is 0. The summed E-state index contributed by atoms with van der Waals surface area (Å²) in [4.78, 5) is 15.8. The Hall–Kier alpha value is -0.610. The molecule has 1 atom stereocenters. The lowest BCUT2D eigenvalue weighted by atomic mass is 10.0. The van der Waals surface area contributed by atoms with Crippen molar-refractivity contribution in [1.29, 1.82) is 0 Å². The summed E-state index contributed by atoms with van der Waals surface area (Å²) in [5.74, 6) is -0.0818. The van der Waals surface area contributed by atoms with Crippen LogP contribution in [0.1, 0.15) is 32.1 Å². The van der Waals surface area contributed by atoms with Crippen LogP contribution in [0.2, 0.25) is 0 Å². The smallest absolute Gasteiger partial charge is 0.326 e. The summed E-state index contributed by atoms with van der Waals surface area (Å²) in [6.07, 6.45) is 5.54. The first kappa shape index (κ1) is 9.93. The topological polar surface area (TPSA) is 41.6 Å². The Kier molecular flexibility index (Phi) is 3.37. The highest BCUT2D eigenvalue weighted by Gasteiger charge is 2.22. The van der Waals surface area contributed by atoms with Gasteiger partial charge in [-0.05, 0) is 25.8 Å². The fourth-order valence-corrected chi connectivity index (χ4v) is 2.08. The van der Waals surface area contributed by atoms with E-state index in [1.807, 2.05) is 0 Å². The maximum absolute atomic E-state index is 10.8. The van der Waals surface area contributed by atoms with E-state index < -0.39 is 0 Å². The molecule has 0 aromatic carbocycles. The Morgan fingerprint density at radius 3 is 3.07 bits per heavy atom. The molecular weight excluding hydrogens is 180 g/mol. The first-order valence-corrected chi connectivity index (χ1v) is 5.54. The fraction of sp³-hybridized carbons (Fsp3) is 0.900. The number of carbonyl (C=O) groups is 1. The van der Waals surface area contributed by atoms with E-state index in [1.165, 1.54) is 19.3 Å². The quantitative estimate of drug-likeness (QED) is 0.724. The van der Waals surface area contributed by atoms with Crippen molar-refractivity contribution in [1.82, 2.24) is 10.4 Å². The van der Waals surface area contributed by atoms with Gasteiger partial charge in [-0.1, -0.05) is 6.42 Å². The summed E-state index contributed by atoms with van der Waals surface area (Å²) in [5, 5.41) is 5.28. The third kappa shape index (κ3) is 2.69. The Morgan fingerprint density at radius 2 is 2.43 bits per heavy atom. The van der Waals surface area contributed by atoms with Gasteiger partial charge >= 0.3 is 5.97 Å². The van der Waals surface area contributed by atoms with Crippen LogP contribution >= 0.6 is 0 Å². The van der Waals surface area contributed by atoms with E-state index in [9.17, 15) is 4.79 Å². The van der Waals surface area contributed by atoms with Crippen LogP contribution in [0.25, 0.3) is 0 Å². The van der Waals surface area contributed by atoms with Gasteiger partial charge in [0.15, 0.2) is 0 Å². The Morgan fingerprint density at radius 1 is 1.50 bits per heavy atom. The number of piperidine rings is 1. The predicted octanol–water partition coefficient (Wildman–Crippen LogP) is 0.682. The van der Waals surface area contributed by atoms with Crippen molar-refractivity contribution in [3.63, 3.8) is 0 Å². The van der Waals surface area contributed by atoms with Crippen molar-refractivity contribution in [3.05, 3.63) is 0 Å². The maximum Gasteiger partial charge on any atom is 0.326 e. The molecule has 0 radical (unpaired) electrons. The molecule has 2 rings (SSSR count). The van der Waals surface area contributed by atoms with Crippen LogP contribution in [0, 0.1) is 0 Å². The number of carbonyl (C=O) groups excluding carboxylic acids is 1. The zero-order chi connectivity index (χ0) is 9.80. The second kappa shape index (κ2) is 4.75. The first-order valence-electron chi connectivity index (χ1n) is 5.54. The summed E-state index contributed by atoms with van der Waals surface area (Å²) in [7, 11) is 0. The van der Waals surface area contributed by atoms with Crippen LogP contribution in [0.5, 0.6) is 0 Å². The predicted molar refractivity (Wildman–Crippen MR) is 52.5 cm³/mol. The van der Waals surface area contributed by atoms with Crippen LogP contribution in [-0.4, -0.2) is 36.7 Å². The van der Waals surface area contributed by atoms with Gasteiger partial charge in [-0.15, -0.1) is 5.06 Å². The molecule has 2 aliphatic heterocycles. The molecule has 0 saturated carbocycles. The van der Waals surface area contributed by atoms with Gasteiger partial charge in [0.1, 0.15) is 0 Å². The average molecular weight is 198 g/mol. The van der Waals surface area contributed by atoms with Crippen LogP contribution in [-0.2, 0) is 9.63 Å². The second-order valence-electron chi connectivity index (χ2n) is 4.08. The maximum atomic E-state index is 10.8. The molecule has 4 heteroatoms. The molecule has 0 bridgehead atoms. The summed E-state index contributed by atoms with van der Waals surface area (Å²) in [6.45, 7) is 2.79.